The van der Waals surface area contributed by atoms with Crippen molar-refractivity contribution in [1.82, 2.24) is 15.1 Å². The molecule has 3 amide bonds. The monoisotopic (exact) mass is 413 g/mol. The van der Waals surface area contributed by atoms with Gasteiger partial charge in [0.15, 0.2) is 0 Å². The molecule has 0 aromatic heterocycles. The number of carboxylic acid groups (broad SMARTS) is 1. The highest BCUT2D eigenvalue weighted by Gasteiger charge is 2.25. The number of carbonyl (C=O) groups is 3. The first-order valence-corrected chi connectivity index (χ1v) is 9.57. The van der Waals surface area contributed by atoms with Crippen LogP contribution in [0.5, 0.6) is 0 Å². The molecule has 2 rings (SSSR count). The molecule has 1 atom stereocenters. The molecular formula is C22H27N3O5. The van der Waals surface area contributed by atoms with Gasteiger partial charge in [0.05, 0.1) is 0 Å². The van der Waals surface area contributed by atoms with Crippen LogP contribution in [-0.4, -0.2) is 66.2 Å². The van der Waals surface area contributed by atoms with E-state index >= 15 is 0 Å². The smallest absolute Gasteiger partial charge is 0.408 e. The summed E-state index contributed by atoms with van der Waals surface area (Å²) in [6.45, 7) is 0.458. The van der Waals surface area contributed by atoms with Crippen LogP contribution < -0.4 is 5.32 Å². The summed E-state index contributed by atoms with van der Waals surface area (Å²) in [6.07, 6.45) is -1.47. The van der Waals surface area contributed by atoms with Crippen LogP contribution in [0.3, 0.4) is 0 Å². The minimum atomic E-state index is -1.07. The third-order valence-electron chi connectivity index (χ3n) is 4.56. The fourth-order valence-corrected chi connectivity index (χ4v) is 2.73. The molecule has 0 saturated carbocycles. The average Bonchev–Trinajstić information content (AvgIpc) is 2.76. The van der Waals surface area contributed by atoms with Gasteiger partial charge in [-0.3, -0.25) is 4.79 Å². The van der Waals surface area contributed by atoms with E-state index in [4.69, 9.17) is 9.84 Å². The first-order chi connectivity index (χ1) is 14.4. The Balaban J connectivity index is 2.00. The summed E-state index contributed by atoms with van der Waals surface area (Å²) >= 11 is 0. The summed E-state index contributed by atoms with van der Waals surface area (Å²) < 4.78 is 5.25. The van der Waals surface area contributed by atoms with Gasteiger partial charge in [-0.25, -0.2) is 9.59 Å². The summed E-state index contributed by atoms with van der Waals surface area (Å²) in [7, 11) is 3.01. The predicted octanol–water partition coefficient (Wildman–Crippen LogP) is 2.59. The molecule has 2 aromatic carbocycles. The number of hydrogen-bond donors (Lipinski definition) is 2. The Morgan fingerprint density at radius 3 is 2.00 bits per heavy atom. The lowest BCUT2D eigenvalue weighted by molar-refractivity contribution is -0.132. The number of amides is 3. The highest BCUT2D eigenvalue weighted by molar-refractivity contribution is 5.85. The number of nitrogens with one attached hydrogen (secondary N) is 1. The number of hydrogen-bond acceptors (Lipinski definition) is 4. The van der Waals surface area contributed by atoms with E-state index < -0.39 is 18.2 Å². The number of nitrogens with zero attached hydrogens (tertiary/aromatic N) is 2. The summed E-state index contributed by atoms with van der Waals surface area (Å²) in [4.78, 5) is 38.7. The van der Waals surface area contributed by atoms with Gasteiger partial charge in [0, 0.05) is 33.6 Å². The fraction of sp³-hybridized carbons (Fsp3) is 0.318. The van der Waals surface area contributed by atoms with E-state index in [0.29, 0.717) is 6.42 Å². The van der Waals surface area contributed by atoms with E-state index in [1.54, 1.807) is 7.05 Å². The molecule has 2 aromatic rings. The Morgan fingerprint density at radius 1 is 0.900 bits per heavy atom. The lowest BCUT2D eigenvalue weighted by Gasteiger charge is -2.26. The third kappa shape index (κ3) is 7.46. The van der Waals surface area contributed by atoms with Crippen molar-refractivity contribution in [3.63, 3.8) is 0 Å². The molecule has 0 aliphatic carbocycles. The number of rotatable bonds is 9. The van der Waals surface area contributed by atoms with Gasteiger partial charge in [0.1, 0.15) is 12.6 Å². The zero-order valence-corrected chi connectivity index (χ0v) is 17.2. The van der Waals surface area contributed by atoms with Crippen LogP contribution in [0.2, 0.25) is 0 Å². The van der Waals surface area contributed by atoms with Crippen LogP contribution >= 0.6 is 0 Å². The second kappa shape index (κ2) is 11.5. The molecule has 1 unspecified atom stereocenters. The van der Waals surface area contributed by atoms with E-state index in [-0.39, 0.29) is 25.6 Å². The van der Waals surface area contributed by atoms with Gasteiger partial charge in [0.2, 0.25) is 5.91 Å². The minimum Gasteiger partial charge on any atom is -0.465 e. The third-order valence-corrected chi connectivity index (χ3v) is 4.56. The van der Waals surface area contributed by atoms with Crippen LogP contribution in [0.25, 0.3) is 0 Å². The van der Waals surface area contributed by atoms with Crippen molar-refractivity contribution in [3.8, 4) is 0 Å². The Labute approximate surface area is 176 Å². The molecule has 30 heavy (non-hydrogen) atoms. The normalized spacial score (nSPS) is 11.3. The minimum absolute atomic E-state index is 0.0954. The lowest BCUT2D eigenvalue weighted by Crippen LogP contribution is -2.50. The molecule has 0 radical (unpaired) electrons. The number of benzene rings is 2. The Morgan fingerprint density at radius 2 is 1.43 bits per heavy atom. The maximum atomic E-state index is 12.9. The van der Waals surface area contributed by atoms with Crippen LogP contribution in [0.1, 0.15) is 11.1 Å². The quantitative estimate of drug-likeness (QED) is 0.658. The first kappa shape index (κ1) is 22.7. The number of carbonyl (C=O) groups excluding carboxylic acids is 2. The largest absolute Gasteiger partial charge is 0.465 e. The van der Waals surface area contributed by atoms with E-state index in [9.17, 15) is 14.4 Å². The second-order valence-corrected chi connectivity index (χ2v) is 6.91. The molecule has 2 N–H and O–H groups in total. The molecule has 0 aliphatic heterocycles. The van der Waals surface area contributed by atoms with Crippen molar-refractivity contribution in [2.24, 2.45) is 0 Å². The summed E-state index contributed by atoms with van der Waals surface area (Å²) in [6, 6.07) is 17.7. The standard InChI is InChI=1S/C22H27N3O5/c1-24(13-14-25(2)22(28)29)20(26)19(15-17-9-5-3-6-10-17)23-21(27)30-16-18-11-7-4-8-12-18/h3-12,19H,13-16H2,1-2H3,(H,23,27)(H,28,29). The van der Waals surface area contributed by atoms with Gasteiger partial charge in [-0.05, 0) is 11.1 Å². The van der Waals surface area contributed by atoms with Gasteiger partial charge in [0.25, 0.3) is 0 Å². The van der Waals surface area contributed by atoms with E-state index in [1.807, 2.05) is 60.7 Å². The van der Waals surface area contributed by atoms with Crippen molar-refractivity contribution >= 4 is 18.1 Å². The average molecular weight is 413 g/mol. The molecule has 8 nitrogen and oxygen atoms in total. The van der Waals surface area contributed by atoms with E-state index in [0.717, 1.165) is 16.0 Å². The van der Waals surface area contributed by atoms with E-state index in [1.165, 1.54) is 11.9 Å². The SMILES string of the molecule is CN(CCN(C)C(=O)C(Cc1ccccc1)NC(=O)OCc1ccccc1)C(=O)O. The molecule has 8 heteroatoms. The summed E-state index contributed by atoms with van der Waals surface area (Å²) in [5.41, 5.74) is 1.72. The predicted molar refractivity (Wildman–Crippen MR) is 112 cm³/mol. The molecular weight excluding hydrogens is 386 g/mol. The van der Waals surface area contributed by atoms with Crippen LogP contribution in [0.4, 0.5) is 9.59 Å². The molecule has 0 aliphatic rings. The Hall–Kier alpha value is -3.55. The molecule has 0 spiro atoms. The Kier molecular flexibility index (Phi) is 8.68. The molecule has 160 valence electrons. The fourth-order valence-electron chi connectivity index (χ4n) is 2.73. The van der Waals surface area contributed by atoms with Crippen molar-refractivity contribution in [3.05, 3.63) is 71.8 Å². The first-order valence-electron chi connectivity index (χ1n) is 9.57. The van der Waals surface area contributed by atoms with Crippen LogP contribution in [0, 0.1) is 0 Å². The maximum Gasteiger partial charge on any atom is 0.408 e. The highest BCUT2D eigenvalue weighted by Crippen LogP contribution is 2.07. The van der Waals surface area contributed by atoms with Crippen molar-refractivity contribution < 1.29 is 24.2 Å². The molecule has 0 fully saturated rings. The van der Waals surface area contributed by atoms with Crippen LogP contribution in [-0.2, 0) is 22.6 Å². The van der Waals surface area contributed by atoms with Gasteiger partial charge in [-0.1, -0.05) is 60.7 Å². The number of ether oxygens (including phenoxy) is 1. The van der Waals surface area contributed by atoms with E-state index in [2.05, 4.69) is 5.32 Å². The maximum absolute atomic E-state index is 12.9. The zero-order chi connectivity index (χ0) is 21.9. The summed E-state index contributed by atoms with van der Waals surface area (Å²) in [5, 5.41) is 11.6. The van der Waals surface area contributed by atoms with Gasteiger partial charge in [-0.15, -0.1) is 0 Å². The van der Waals surface area contributed by atoms with Crippen molar-refractivity contribution in [2.45, 2.75) is 19.1 Å². The topological polar surface area (TPSA) is 99.2 Å². The van der Waals surface area contributed by atoms with Gasteiger partial charge < -0.3 is 25.0 Å². The zero-order valence-electron chi connectivity index (χ0n) is 17.2. The number of likely N-dealkylation sites (N-methyl/N-ethyl adjacent to an activating group) is 2. The molecule has 0 saturated heterocycles. The second-order valence-electron chi connectivity index (χ2n) is 6.91. The lowest BCUT2D eigenvalue weighted by atomic mass is 10.1. The van der Waals surface area contributed by atoms with Gasteiger partial charge >= 0.3 is 12.2 Å². The molecule has 0 bridgehead atoms. The van der Waals surface area contributed by atoms with Crippen LogP contribution in [0.15, 0.2) is 60.7 Å². The Bertz CT molecular complexity index is 829. The summed E-state index contributed by atoms with van der Waals surface area (Å²) in [5.74, 6) is -0.325. The van der Waals surface area contributed by atoms with Gasteiger partial charge in [-0.2, -0.15) is 0 Å². The highest BCUT2D eigenvalue weighted by atomic mass is 16.5. The molecule has 0 heterocycles. The van der Waals surface area contributed by atoms with Crippen molar-refractivity contribution in [1.29, 1.82) is 0 Å². The number of alkyl carbamates (subject to hydrolysis) is 1. The van der Waals surface area contributed by atoms with Crippen molar-refractivity contribution in [2.75, 3.05) is 27.2 Å².